The van der Waals surface area contributed by atoms with Gasteiger partial charge in [-0.3, -0.25) is 9.59 Å². The molecule has 2 aromatic rings. The standard InChI is InChI=1S/C23H26BrN3O5S/c1-14-12-15(4-5-16(14)21(29)26-9-2-3-10-26)27-13-18(17(8-11-28)22(27)30)25-23(31)32-20-7-6-19(24)33-20/h4-7,12,17-18,28H,2-3,8-11,13H2,1H3,(H,25,31). The van der Waals surface area contributed by atoms with Crippen molar-refractivity contribution in [2.24, 2.45) is 5.92 Å². The number of benzene rings is 1. The van der Waals surface area contributed by atoms with Gasteiger partial charge >= 0.3 is 6.09 Å². The van der Waals surface area contributed by atoms with Gasteiger partial charge in [0.1, 0.15) is 0 Å². The summed E-state index contributed by atoms with van der Waals surface area (Å²) in [4.78, 5) is 41.8. The number of hydrogen-bond donors (Lipinski definition) is 2. The Morgan fingerprint density at radius 1 is 1.24 bits per heavy atom. The zero-order valence-electron chi connectivity index (χ0n) is 18.3. The van der Waals surface area contributed by atoms with Crippen molar-refractivity contribution in [3.05, 3.63) is 45.2 Å². The van der Waals surface area contributed by atoms with E-state index < -0.39 is 18.1 Å². The number of likely N-dealkylation sites (tertiary alicyclic amines) is 1. The average molecular weight is 536 g/mol. The molecule has 10 heteroatoms. The third-order valence-electron chi connectivity index (χ3n) is 6.08. The van der Waals surface area contributed by atoms with Crippen molar-refractivity contribution in [3.63, 3.8) is 0 Å². The highest BCUT2D eigenvalue weighted by molar-refractivity contribution is 9.11. The van der Waals surface area contributed by atoms with Crippen LogP contribution in [-0.4, -0.2) is 60.2 Å². The number of nitrogens with zero attached hydrogens (tertiary/aromatic N) is 2. The number of anilines is 1. The smallest absolute Gasteiger partial charge is 0.399 e. The van der Waals surface area contributed by atoms with Crippen LogP contribution in [-0.2, 0) is 4.79 Å². The SMILES string of the molecule is Cc1cc(N2CC(NC(=O)Oc3ccc(Br)s3)C(CCO)C2=O)ccc1C(=O)N1CCCC1. The Morgan fingerprint density at radius 3 is 2.64 bits per heavy atom. The van der Waals surface area contributed by atoms with Gasteiger partial charge in [0.25, 0.3) is 5.91 Å². The average Bonchev–Trinajstić information content (AvgIpc) is 3.51. The van der Waals surface area contributed by atoms with Crippen LogP contribution in [0, 0.1) is 12.8 Å². The highest BCUT2D eigenvalue weighted by Gasteiger charge is 2.42. The van der Waals surface area contributed by atoms with Crippen molar-refractivity contribution in [2.75, 3.05) is 31.1 Å². The van der Waals surface area contributed by atoms with Crippen LogP contribution < -0.4 is 15.0 Å². The number of rotatable bonds is 6. The lowest BCUT2D eigenvalue weighted by atomic mass is 10.00. The van der Waals surface area contributed by atoms with Crippen LogP contribution in [0.25, 0.3) is 0 Å². The molecule has 2 aliphatic rings. The van der Waals surface area contributed by atoms with Gasteiger partial charge in [0, 0.05) is 37.5 Å². The van der Waals surface area contributed by atoms with E-state index in [1.54, 1.807) is 29.2 Å². The third-order valence-corrected chi connectivity index (χ3v) is 7.58. The number of aliphatic hydroxyl groups is 1. The molecule has 0 saturated carbocycles. The topological polar surface area (TPSA) is 99.2 Å². The number of nitrogens with one attached hydrogen (secondary N) is 1. The summed E-state index contributed by atoms with van der Waals surface area (Å²) in [7, 11) is 0. The van der Waals surface area contributed by atoms with Crippen LogP contribution in [0.3, 0.4) is 0 Å². The van der Waals surface area contributed by atoms with Gasteiger partial charge in [-0.05, 0) is 78.0 Å². The Hall–Kier alpha value is -2.43. The normalized spacial score (nSPS) is 20.4. The minimum absolute atomic E-state index is 0.0185. The van der Waals surface area contributed by atoms with Crippen molar-refractivity contribution in [1.82, 2.24) is 10.2 Å². The summed E-state index contributed by atoms with van der Waals surface area (Å²) in [6, 6.07) is 8.33. The van der Waals surface area contributed by atoms with Gasteiger partial charge in [0.15, 0.2) is 5.06 Å². The molecule has 0 radical (unpaired) electrons. The van der Waals surface area contributed by atoms with E-state index in [4.69, 9.17) is 4.74 Å². The predicted octanol–water partition coefficient (Wildman–Crippen LogP) is 3.56. The quantitative estimate of drug-likeness (QED) is 0.589. The zero-order valence-corrected chi connectivity index (χ0v) is 20.7. The number of ether oxygens (including phenoxy) is 1. The fourth-order valence-electron chi connectivity index (χ4n) is 4.40. The molecule has 0 spiro atoms. The maximum absolute atomic E-state index is 13.1. The lowest BCUT2D eigenvalue weighted by molar-refractivity contribution is -0.121. The summed E-state index contributed by atoms with van der Waals surface area (Å²) >= 11 is 4.61. The van der Waals surface area contributed by atoms with Crippen molar-refractivity contribution in [3.8, 4) is 5.06 Å². The van der Waals surface area contributed by atoms with Crippen molar-refractivity contribution in [2.45, 2.75) is 32.2 Å². The van der Waals surface area contributed by atoms with Gasteiger partial charge in [-0.1, -0.05) is 11.3 Å². The van der Waals surface area contributed by atoms with E-state index in [1.165, 1.54) is 11.3 Å². The van der Waals surface area contributed by atoms with Crippen molar-refractivity contribution < 1.29 is 24.2 Å². The molecule has 0 aliphatic carbocycles. The highest BCUT2D eigenvalue weighted by Crippen LogP contribution is 2.31. The van der Waals surface area contributed by atoms with Gasteiger partial charge in [-0.15, -0.1) is 0 Å². The first-order chi connectivity index (χ1) is 15.9. The van der Waals surface area contributed by atoms with Crippen LogP contribution >= 0.6 is 27.3 Å². The molecule has 2 fully saturated rings. The predicted molar refractivity (Wildman–Crippen MR) is 129 cm³/mol. The number of halogens is 1. The second-order valence-corrected chi connectivity index (χ2v) is 10.7. The van der Waals surface area contributed by atoms with Gasteiger partial charge < -0.3 is 25.0 Å². The Morgan fingerprint density at radius 2 is 2.00 bits per heavy atom. The van der Waals surface area contributed by atoms with Gasteiger partial charge in [-0.2, -0.15) is 0 Å². The molecule has 4 rings (SSSR count). The maximum Gasteiger partial charge on any atom is 0.413 e. The van der Waals surface area contributed by atoms with E-state index in [0.717, 1.165) is 35.3 Å². The van der Waals surface area contributed by atoms with Crippen molar-refractivity contribution in [1.29, 1.82) is 0 Å². The molecule has 176 valence electrons. The lowest BCUT2D eigenvalue weighted by Crippen LogP contribution is -2.42. The van der Waals surface area contributed by atoms with E-state index in [0.29, 0.717) is 16.3 Å². The lowest BCUT2D eigenvalue weighted by Gasteiger charge is -2.20. The Kier molecular flexibility index (Phi) is 7.35. The van der Waals surface area contributed by atoms with E-state index in [9.17, 15) is 19.5 Å². The summed E-state index contributed by atoms with van der Waals surface area (Å²) in [5, 5.41) is 12.7. The number of aryl methyl sites for hydroxylation is 1. The molecule has 1 aromatic heterocycles. The van der Waals surface area contributed by atoms with E-state index >= 15 is 0 Å². The van der Waals surface area contributed by atoms with Crippen LogP contribution in [0.2, 0.25) is 0 Å². The summed E-state index contributed by atoms with van der Waals surface area (Å²) in [6.07, 6.45) is 1.64. The second kappa shape index (κ2) is 10.2. The molecular weight excluding hydrogens is 510 g/mol. The molecule has 8 nitrogen and oxygen atoms in total. The molecule has 2 N–H and O–H groups in total. The molecule has 2 saturated heterocycles. The molecule has 2 aliphatic heterocycles. The zero-order chi connectivity index (χ0) is 23.5. The molecule has 2 unspecified atom stereocenters. The summed E-state index contributed by atoms with van der Waals surface area (Å²) in [5.74, 6) is -0.722. The van der Waals surface area contributed by atoms with Gasteiger partial charge in [0.05, 0.1) is 15.7 Å². The Labute approximate surface area is 204 Å². The molecule has 3 heterocycles. The largest absolute Gasteiger partial charge is 0.413 e. The minimum Gasteiger partial charge on any atom is -0.399 e. The summed E-state index contributed by atoms with van der Waals surface area (Å²) < 4.78 is 6.15. The highest BCUT2D eigenvalue weighted by atomic mass is 79.9. The first-order valence-electron chi connectivity index (χ1n) is 10.9. The van der Waals surface area contributed by atoms with Crippen LogP contribution in [0.1, 0.15) is 35.2 Å². The van der Waals surface area contributed by atoms with E-state index in [-0.39, 0.29) is 31.4 Å². The molecule has 0 bridgehead atoms. The monoisotopic (exact) mass is 535 g/mol. The third kappa shape index (κ3) is 5.23. The number of thiophene rings is 1. The Balaban J connectivity index is 1.48. The number of aliphatic hydroxyl groups excluding tert-OH is 1. The Bertz CT molecular complexity index is 1050. The fraction of sp³-hybridized carbons (Fsp3) is 0.435. The maximum atomic E-state index is 13.1. The number of amides is 3. The second-order valence-electron chi connectivity index (χ2n) is 8.27. The van der Waals surface area contributed by atoms with Crippen molar-refractivity contribution >= 4 is 50.9 Å². The molecule has 3 amide bonds. The fourth-order valence-corrected chi connectivity index (χ4v) is 5.59. The van der Waals surface area contributed by atoms with Gasteiger partial charge in [0.2, 0.25) is 5.91 Å². The van der Waals surface area contributed by atoms with E-state index in [2.05, 4.69) is 21.2 Å². The number of carbonyl (C=O) groups is 3. The number of hydrogen-bond acceptors (Lipinski definition) is 6. The first-order valence-corrected chi connectivity index (χ1v) is 12.5. The van der Waals surface area contributed by atoms with Crippen LogP contribution in [0.5, 0.6) is 5.06 Å². The summed E-state index contributed by atoms with van der Waals surface area (Å²) in [5.41, 5.74) is 2.10. The summed E-state index contributed by atoms with van der Waals surface area (Å²) in [6.45, 7) is 3.51. The number of carbonyl (C=O) groups excluding carboxylic acids is 3. The molecule has 2 atom stereocenters. The van der Waals surface area contributed by atoms with Crippen LogP contribution in [0.15, 0.2) is 34.1 Å². The van der Waals surface area contributed by atoms with Crippen LogP contribution in [0.4, 0.5) is 10.5 Å². The first kappa shape index (κ1) is 23.7. The molecular formula is C23H26BrN3O5S. The molecule has 1 aromatic carbocycles. The van der Waals surface area contributed by atoms with Gasteiger partial charge in [-0.25, -0.2) is 4.79 Å². The molecule has 33 heavy (non-hydrogen) atoms. The minimum atomic E-state index is -0.644. The van der Waals surface area contributed by atoms with E-state index in [1.807, 2.05) is 17.9 Å².